The Labute approximate surface area is 114 Å². The molecule has 0 saturated carbocycles. The monoisotopic (exact) mass is 270 g/mol. The molecular weight excluding hydrogens is 260 g/mol. The van der Waals surface area contributed by atoms with Gasteiger partial charge in [0.2, 0.25) is 0 Å². The first-order chi connectivity index (χ1) is 9.10. The zero-order chi connectivity index (χ0) is 13.8. The van der Waals surface area contributed by atoms with E-state index in [9.17, 15) is 15.4 Å². The number of nitro groups is 1. The Kier molecular flexibility index (Phi) is 3.74. The molecule has 5 heteroatoms. The first-order valence-electron chi connectivity index (χ1n) is 5.53. The molecule has 94 valence electrons. The van der Waals surface area contributed by atoms with Crippen LogP contribution in [0.3, 0.4) is 0 Å². The normalized spacial score (nSPS) is 11.1. The number of nitrogens with zero attached hydrogens (tertiary/aromatic N) is 2. The van der Waals surface area contributed by atoms with Gasteiger partial charge in [-0.15, -0.1) is 11.3 Å². The minimum Gasteiger partial charge on any atom is -0.258 e. The molecule has 2 aromatic rings. The molecule has 0 atom stereocenters. The van der Waals surface area contributed by atoms with E-state index in [1.54, 1.807) is 29.5 Å². The van der Waals surface area contributed by atoms with E-state index in [4.69, 9.17) is 0 Å². The van der Waals surface area contributed by atoms with Gasteiger partial charge in [0.15, 0.2) is 0 Å². The molecule has 0 saturated heterocycles. The first kappa shape index (κ1) is 13.0. The smallest absolute Gasteiger partial charge is 0.258 e. The Bertz CT molecular complexity index is 695. The minimum absolute atomic E-state index is 0.0130. The third-order valence-corrected chi connectivity index (χ3v) is 3.48. The summed E-state index contributed by atoms with van der Waals surface area (Å²) in [5, 5.41) is 19.9. The van der Waals surface area contributed by atoms with Crippen LogP contribution in [0.4, 0.5) is 5.69 Å². The van der Waals surface area contributed by atoms with Crippen molar-refractivity contribution >= 4 is 28.7 Å². The average Bonchev–Trinajstić information content (AvgIpc) is 2.81. The number of nitriles is 1. The summed E-state index contributed by atoms with van der Waals surface area (Å²) < 4.78 is 0. The number of aryl methyl sites for hydroxylation is 1. The van der Waals surface area contributed by atoms with E-state index in [-0.39, 0.29) is 5.69 Å². The summed E-state index contributed by atoms with van der Waals surface area (Å²) in [6.07, 6.45) is 1.75. The summed E-state index contributed by atoms with van der Waals surface area (Å²) >= 11 is 1.58. The molecule has 0 spiro atoms. The van der Waals surface area contributed by atoms with Gasteiger partial charge in [-0.05, 0) is 30.7 Å². The van der Waals surface area contributed by atoms with E-state index in [0.717, 1.165) is 9.75 Å². The molecule has 19 heavy (non-hydrogen) atoms. The minimum atomic E-state index is -0.464. The van der Waals surface area contributed by atoms with E-state index >= 15 is 0 Å². The molecule has 0 aliphatic carbocycles. The highest BCUT2D eigenvalue weighted by atomic mass is 32.1. The summed E-state index contributed by atoms with van der Waals surface area (Å²) in [6, 6.07) is 12.1. The quantitative estimate of drug-likeness (QED) is 0.480. The fraction of sp³-hybridized carbons (Fsp3) is 0.0714. The van der Waals surface area contributed by atoms with Crippen LogP contribution in [0.25, 0.3) is 11.6 Å². The first-order valence-corrected chi connectivity index (χ1v) is 6.35. The molecule has 0 radical (unpaired) electrons. The highest BCUT2D eigenvalue weighted by Crippen LogP contribution is 2.24. The number of thiophene rings is 1. The second-order valence-electron chi connectivity index (χ2n) is 3.93. The Morgan fingerprint density at radius 3 is 2.79 bits per heavy atom. The SMILES string of the molecule is Cc1ccc(C=C(C#N)c2cccc([N+](=O)[O-])c2)s1. The molecule has 2 rings (SSSR count). The van der Waals surface area contributed by atoms with Crippen LogP contribution in [0.1, 0.15) is 15.3 Å². The molecule has 0 fully saturated rings. The molecule has 0 amide bonds. The largest absolute Gasteiger partial charge is 0.270 e. The lowest BCUT2D eigenvalue weighted by molar-refractivity contribution is -0.384. The van der Waals surface area contributed by atoms with Crippen molar-refractivity contribution in [3.05, 3.63) is 61.8 Å². The zero-order valence-electron chi connectivity index (χ0n) is 10.2. The number of hydrogen-bond donors (Lipinski definition) is 0. The predicted molar refractivity (Wildman–Crippen MR) is 75.6 cm³/mol. The molecule has 0 N–H and O–H groups in total. The predicted octanol–water partition coefficient (Wildman–Crippen LogP) is 4.03. The van der Waals surface area contributed by atoms with Crippen molar-refractivity contribution < 1.29 is 4.92 Å². The number of rotatable bonds is 3. The van der Waals surface area contributed by atoms with Gasteiger partial charge in [-0.25, -0.2) is 0 Å². The lowest BCUT2D eigenvalue weighted by Crippen LogP contribution is -1.89. The Hall–Kier alpha value is -2.45. The van der Waals surface area contributed by atoms with Crippen molar-refractivity contribution in [3.63, 3.8) is 0 Å². The van der Waals surface area contributed by atoms with Gasteiger partial charge < -0.3 is 0 Å². The molecule has 0 aliphatic rings. The summed E-state index contributed by atoms with van der Waals surface area (Å²) in [5.41, 5.74) is 0.967. The van der Waals surface area contributed by atoms with Crippen molar-refractivity contribution in [3.8, 4) is 6.07 Å². The van der Waals surface area contributed by atoms with Gasteiger partial charge >= 0.3 is 0 Å². The third kappa shape index (κ3) is 3.06. The van der Waals surface area contributed by atoms with Crippen molar-refractivity contribution in [1.29, 1.82) is 5.26 Å². The van der Waals surface area contributed by atoms with Crippen LogP contribution in [0, 0.1) is 28.4 Å². The summed E-state index contributed by atoms with van der Waals surface area (Å²) in [7, 11) is 0. The summed E-state index contributed by atoms with van der Waals surface area (Å²) in [5.74, 6) is 0. The van der Waals surface area contributed by atoms with Gasteiger partial charge in [0.1, 0.15) is 0 Å². The van der Waals surface area contributed by atoms with Crippen LogP contribution < -0.4 is 0 Å². The van der Waals surface area contributed by atoms with Crippen LogP contribution in [-0.2, 0) is 0 Å². The lowest BCUT2D eigenvalue weighted by atomic mass is 10.1. The lowest BCUT2D eigenvalue weighted by Gasteiger charge is -1.98. The van der Waals surface area contributed by atoms with E-state index < -0.39 is 4.92 Å². The maximum absolute atomic E-state index is 10.7. The molecule has 0 bridgehead atoms. The van der Waals surface area contributed by atoms with Crippen LogP contribution in [-0.4, -0.2) is 4.92 Å². The van der Waals surface area contributed by atoms with Gasteiger partial charge in [0, 0.05) is 21.9 Å². The van der Waals surface area contributed by atoms with Crippen LogP contribution in [0.5, 0.6) is 0 Å². The van der Waals surface area contributed by atoms with Crippen molar-refractivity contribution in [2.45, 2.75) is 6.92 Å². The van der Waals surface area contributed by atoms with Crippen LogP contribution in [0.2, 0.25) is 0 Å². The van der Waals surface area contributed by atoms with Gasteiger partial charge in [-0.1, -0.05) is 12.1 Å². The number of non-ortho nitro benzene ring substituents is 1. The second kappa shape index (κ2) is 5.46. The zero-order valence-corrected chi connectivity index (χ0v) is 11.0. The number of benzene rings is 1. The Morgan fingerprint density at radius 1 is 1.42 bits per heavy atom. The molecule has 0 unspecified atom stereocenters. The second-order valence-corrected chi connectivity index (χ2v) is 5.25. The molecular formula is C14H10N2O2S. The molecule has 1 aromatic carbocycles. The van der Waals surface area contributed by atoms with Crippen molar-refractivity contribution in [1.82, 2.24) is 0 Å². The van der Waals surface area contributed by atoms with E-state index in [1.807, 2.05) is 19.1 Å². The van der Waals surface area contributed by atoms with Crippen molar-refractivity contribution in [2.75, 3.05) is 0 Å². The van der Waals surface area contributed by atoms with Gasteiger partial charge in [0.05, 0.1) is 16.6 Å². The van der Waals surface area contributed by atoms with E-state index in [0.29, 0.717) is 11.1 Å². The molecule has 1 heterocycles. The number of nitro benzene ring substituents is 1. The highest BCUT2D eigenvalue weighted by Gasteiger charge is 2.09. The fourth-order valence-corrected chi connectivity index (χ4v) is 2.46. The van der Waals surface area contributed by atoms with Gasteiger partial charge in [0.25, 0.3) is 5.69 Å². The van der Waals surface area contributed by atoms with E-state index in [1.165, 1.54) is 12.1 Å². The third-order valence-electron chi connectivity index (χ3n) is 2.54. The maximum atomic E-state index is 10.7. The van der Waals surface area contributed by atoms with E-state index in [2.05, 4.69) is 6.07 Å². The van der Waals surface area contributed by atoms with Gasteiger partial charge in [-0.3, -0.25) is 10.1 Å². The molecule has 0 aliphatic heterocycles. The number of hydrogen-bond acceptors (Lipinski definition) is 4. The topological polar surface area (TPSA) is 66.9 Å². The standard InChI is InChI=1S/C14H10N2O2S/c1-10-5-6-14(19-10)8-12(9-15)11-3-2-4-13(7-11)16(17)18/h2-8H,1H3. The summed E-state index contributed by atoms with van der Waals surface area (Å²) in [4.78, 5) is 12.4. The Morgan fingerprint density at radius 2 is 2.21 bits per heavy atom. The van der Waals surface area contributed by atoms with Crippen molar-refractivity contribution in [2.24, 2.45) is 0 Å². The summed E-state index contributed by atoms with van der Waals surface area (Å²) in [6.45, 7) is 1.99. The van der Waals surface area contributed by atoms with Crippen LogP contribution >= 0.6 is 11.3 Å². The van der Waals surface area contributed by atoms with Gasteiger partial charge in [-0.2, -0.15) is 5.26 Å². The maximum Gasteiger partial charge on any atom is 0.270 e. The number of allylic oxidation sites excluding steroid dienone is 1. The van der Waals surface area contributed by atoms with Crippen LogP contribution in [0.15, 0.2) is 36.4 Å². The highest BCUT2D eigenvalue weighted by molar-refractivity contribution is 7.12. The Balaban J connectivity index is 2.43. The average molecular weight is 270 g/mol. The fourth-order valence-electron chi connectivity index (χ4n) is 1.64. The molecule has 1 aromatic heterocycles. The molecule has 4 nitrogen and oxygen atoms in total.